The maximum absolute atomic E-state index is 11.1. The predicted octanol–water partition coefficient (Wildman–Crippen LogP) is 14.9. The van der Waals surface area contributed by atoms with Gasteiger partial charge in [-0.15, -0.1) is 6.42 Å². The molecule has 9 aromatic carbocycles. The van der Waals surface area contributed by atoms with E-state index in [4.69, 9.17) is 21.4 Å². The molecule has 0 saturated carbocycles. The average molecular weight is 952 g/mol. The van der Waals surface area contributed by atoms with Crippen LogP contribution in [0, 0.1) is 71.0 Å². The molecule has 0 fully saturated rings. The van der Waals surface area contributed by atoms with Gasteiger partial charge in [0.25, 0.3) is 0 Å². The summed E-state index contributed by atoms with van der Waals surface area (Å²) < 4.78 is 0. The summed E-state index contributed by atoms with van der Waals surface area (Å²) in [7, 11) is 0. The molecule has 1 spiro atoms. The zero-order valence-corrected chi connectivity index (χ0v) is 40.7. The van der Waals surface area contributed by atoms with Crippen LogP contribution in [0.1, 0.15) is 34.7 Å². The summed E-state index contributed by atoms with van der Waals surface area (Å²) in [6.07, 6.45) is 4.84. The van der Waals surface area contributed by atoms with Crippen molar-refractivity contribution in [2.45, 2.75) is 12.3 Å². The molecular formula is C70H41N5. The van der Waals surface area contributed by atoms with Crippen LogP contribution in [-0.2, 0) is 5.41 Å². The van der Waals surface area contributed by atoms with E-state index < -0.39 is 5.41 Å². The monoisotopic (exact) mass is 951 g/mol. The van der Waals surface area contributed by atoms with Crippen molar-refractivity contribution in [3.05, 3.63) is 252 Å². The third-order valence-corrected chi connectivity index (χ3v) is 13.3. The summed E-state index contributed by atoms with van der Waals surface area (Å²) in [5, 5.41) is 11.1. The van der Waals surface area contributed by atoms with Crippen molar-refractivity contribution in [2.75, 3.05) is 4.90 Å². The van der Waals surface area contributed by atoms with E-state index in [0.29, 0.717) is 23.0 Å². The highest BCUT2D eigenvalue weighted by molar-refractivity contribution is 5.98. The van der Waals surface area contributed by atoms with Crippen LogP contribution in [0.3, 0.4) is 0 Å². The number of fused-ring (bicyclic) bond motifs is 9. The van der Waals surface area contributed by atoms with Gasteiger partial charge in [0.2, 0.25) is 0 Å². The molecule has 0 amide bonds. The Morgan fingerprint density at radius 2 is 0.773 bits per heavy atom. The first kappa shape index (κ1) is 46.5. The van der Waals surface area contributed by atoms with Crippen LogP contribution in [0.5, 0.6) is 0 Å². The number of hydrogen-bond donors (Lipinski definition) is 0. The fourth-order valence-electron chi connectivity index (χ4n) is 10.2. The fraction of sp³-hybridized carbons (Fsp3) is 0.0286. The second kappa shape index (κ2) is 20.8. The first-order chi connectivity index (χ1) is 37.1. The quantitative estimate of drug-likeness (QED) is 0.155. The number of aromatic nitrogens is 3. The molecule has 2 heterocycles. The number of benzene rings is 9. The molecule has 2 aliphatic rings. The molecule has 0 unspecified atom stereocenters. The summed E-state index contributed by atoms with van der Waals surface area (Å²) in [6, 6.07) is 81.1. The van der Waals surface area contributed by atoms with Gasteiger partial charge in [-0.25, -0.2) is 15.0 Å². The topological polar surface area (TPSA) is 65.7 Å². The average Bonchev–Trinajstić information content (AvgIpc) is 3.83. The van der Waals surface area contributed by atoms with Crippen molar-refractivity contribution in [3.8, 4) is 133 Å². The number of anilines is 3. The number of nitrogens with zero attached hydrogens (tertiary/aromatic N) is 5. The second-order valence-electron chi connectivity index (χ2n) is 17.5. The van der Waals surface area contributed by atoms with Crippen LogP contribution >= 0.6 is 0 Å². The highest BCUT2D eigenvalue weighted by Gasteiger charge is 2.52. The van der Waals surface area contributed by atoms with Crippen LogP contribution in [0.2, 0.25) is 0 Å². The van der Waals surface area contributed by atoms with Crippen molar-refractivity contribution in [1.82, 2.24) is 15.0 Å². The molecule has 5 heteroatoms. The fourth-order valence-corrected chi connectivity index (χ4v) is 10.2. The smallest absolute Gasteiger partial charge is 0.164 e. The largest absolute Gasteiger partial charge is 0.308 e. The molecule has 12 rings (SSSR count). The van der Waals surface area contributed by atoms with Crippen LogP contribution in [0.25, 0.3) is 67.5 Å². The van der Waals surface area contributed by atoms with Gasteiger partial charge in [-0.1, -0.05) is 188 Å². The van der Waals surface area contributed by atoms with Crippen LogP contribution in [-0.4, -0.2) is 15.0 Å². The maximum Gasteiger partial charge on any atom is 0.164 e. The van der Waals surface area contributed by atoms with Crippen molar-refractivity contribution in [3.63, 3.8) is 0 Å². The Hall–Kier alpha value is -10.9. The molecule has 0 atom stereocenters. The Bertz CT molecular complexity index is 3980. The van der Waals surface area contributed by atoms with E-state index in [-0.39, 0.29) is 0 Å². The standard InChI is InChI=1S/C59H37N5.C11H4/c60-38-46-35-45(58-62-56(41-21-9-3-10-22-41)61-57(63-58)42-23-11-4-12-24-42)31-34-53(46)64-54-27-15-13-25-51(54)59(52-26-14-16-28-55(52)64)49-32-29-43(39-17-5-1-6-18-39)36-47(49)48-37-44(30-33-50(48)59)40-19-7-2-8-20-40;1-3-5-7-9-11-10-8-6-4-2/h1-37H;1H,2H3. The van der Waals surface area contributed by atoms with Crippen molar-refractivity contribution >= 4 is 17.1 Å². The number of para-hydroxylation sites is 2. The number of rotatable bonds is 6. The van der Waals surface area contributed by atoms with Gasteiger partial charge in [-0.05, 0) is 152 Å². The Morgan fingerprint density at radius 1 is 0.373 bits per heavy atom. The summed E-state index contributed by atoms with van der Waals surface area (Å²) >= 11 is 0. The zero-order valence-electron chi connectivity index (χ0n) is 40.7. The first-order valence-corrected chi connectivity index (χ1v) is 24.3. The number of nitriles is 1. The Kier molecular flexibility index (Phi) is 12.9. The number of hydrogen-bond acceptors (Lipinski definition) is 5. The van der Waals surface area contributed by atoms with Gasteiger partial charge in [-0.2, -0.15) is 5.26 Å². The molecule has 346 valence electrons. The van der Waals surface area contributed by atoms with Crippen molar-refractivity contribution in [1.29, 1.82) is 5.26 Å². The second-order valence-corrected chi connectivity index (χ2v) is 17.5. The van der Waals surface area contributed by atoms with Gasteiger partial charge < -0.3 is 4.90 Å². The summed E-state index contributed by atoms with van der Waals surface area (Å²) in [5.74, 6) is 23.6. The zero-order chi connectivity index (χ0) is 51.0. The Labute approximate surface area is 437 Å². The van der Waals surface area contributed by atoms with E-state index in [1.165, 1.54) is 44.5 Å². The summed E-state index contributed by atoms with van der Waals surface area (Å²) in [5.41, 5.74) is 17.1. The third kappa shape index (κ3) is 8.74. The number of terminal acetylenes is 1. The van der Waals surface area contributed by atoms with Crippen LogP contribution in [0.15, 0.2) is 224 Å². The van der Waals surface area contributed by atoms with Gasteiger partial charge in [0.15, 0.2) is 17.5 Å². The molecule has 0 radical (unpaired) electrons. The van der Waals surface area contributed by atoms with E-state index in [1.807, 2.05) is 78.9 Å². The van der Waals surface area contributed by atoms with Crippen LogP contribution in [0.4, 0.5) is 17.1 Å². The highest BCUT2D eigenvalue weighted by atomic mass is 15.2. The molecule has 5 nitrogen and oxygen atoms in total. The molecule has 0 bridgehead atoms. The lowest BCUT2D eigenvalue weighted by molar-refractivity contribution is 0.752. The molecule has 1 aliphatic carbocycles. The minimum Gasteiger partial charge on any atom is -0.308 e. The molecule has 0 N–H and O–H groups in total. The normalized spacial score (nSPS) is 11.4. The van der Waals surface area contributed by atoms with E-state index in [0.717, 1.165) is 44.9 Å². The maximum atomic E-state index is 11.1. The molecule has 75 heavy (non-hydrogen) atoms. The van der Waals surface area contributed by atoms with E-state index >= 15 is 0 Å². The minimum absolute atomic E-state index is 0.498. The van der Waals surface area contributed by atoms with E-state index in [9.17, 15) is 5.26 Å². The first-order valence-electron chi connectivity index (χ1n) is 24.3. The highest BCUT2D eigenvalue weighted by Crippen LogP contribution is 2.64. The SMILES string of the molecule is C#CC#CC#CC#CC#CC.N#Cc1cc(-c2nc(-c3ccccc3)nc(-c3ccccc3)n2)ccc1N1c2ccccc2C2(c3ccc(-c4ccccc4)cc3-c3cc(-c4ccccc4)ccc32)c2ccccc21. The van der Waals surface area contributed by atoms with E-state index in [1.54, 1.807) is 6.92 Å². The summed E-state index contributed by atoms with van der Waals surface area (Å²) in [4.78, 5) is 17.1. The lowest BCUT2D eigenvalue weighted by atomic mass is 9.64. The van der Waals surface area contributed by atoms with Crippen LogP contribution < -0.4 is 4.90 Å². The van der Waals surface area contributed by atoms with Crippen molar-refractivity contribution < 1.29 is 0 Å². The molecular weight excluding hydrogens is 911 g/mol. The molecule has 1 aromatic heterocycles. The lowest BCUT2D eigenvalue weighted by Gasteiger charge is -2.45. The van der Waals surface area contributed by atoms with E-state index in [2.05, 4.69) is 210 Å². The lowest BCUT2D eigenvalue weighted by Crippen LogP contribution is -2.36. The van der Waals surface area contributed by atoms with Gasteiger partial charge in [0, 0.05) is 16.7 Å². The Morgan fingerprint density at radius 3 is 1.23 bits per heavy atom. The van der Waals surface area contributed by atoms with Gasteiger partial charge in [0.05, 0.1) is 28.0 Å². The van der Waals surface area contributed by atoms with Gasteiger partial charge in [0.1, 0.15) is 6.07 Å². The molecule has 10 aromatic rings. The molecule has 0 saturated heterocycles. The van der Waals surface area contributed by atoms with Gasteiger partial charge in [-0.3, -0.25) is 0 Å². The predicted molar refractivity (Wildman–Crippen MR) is 303 cm³/mol. The Balaban J connectivity index is 0.000000494. The minimum atomic E-state index is -0.641. The summed E-state index contributed by atoms with van der Waals surface area (Å²) in [6.45, 7) is 1.71. The molecule has 1 aliphatic heterocycles. The third-order valence-electron chi connectivity index (χ3n) is 13.3. The van der Waals surface area contributed by atoms with Crippen molar-refractivity contribution in [2.24, 2.45) is 0 Å². The van der Waals surface area contributed by atoms with Gasteiger partial charge >= 0.3 is 0 Å².